The summed E-state index contributed by atoms with van der Waals surface area (Å²) in [6.45, 7) is 1.54. The Hall–Kier alpha value is -2.35. The van der Waals surface area contributed by atoms with Crippen LogP contribution in [0.15, 0.2) is 17.2 Å². The lowest BCUT2D eigenvalue weighted by Crippen LogP contribution is -2.20. The highest BCUT2D eigenvalue weighted by Gasteiger charge is 2.23. The van der Waals surface area contributed by atoms with Crippen molar-refractivity contribution in [3.05, 3.63) is 43.8 Å². The van der Waals surface area contributed by atoms with Gasteiger partial charge in [0.15, 0.2) is 0 Å². The standard InChI is InChI=1S/C11H15N5O4/c1-6-4-7(8(12)5-9(6)16(19)20)11(18)10(17)2-3-14-15-13/h4-5,10-11,17-18H,2-3,12H2,1H3. The highest BCUT2D eigenvalue weighted by atomic mass is 16.6. The molecule has 2 unspecified atom stereocenters. The predicted octanol–water partition coefficient (Wildman–Crippen LogP) is 1.58. The summed E-state index contributed by atoms with van der Waals surface area (Å²) in [5, 5.41) is 33.8. The van der Waals surface area contributed by atoms with E-state index in [1.54, 1.807) is 0 Å². The van der Waals surface area contributed by atoms with Gasteiger partial charge < -0.3 is 15.9 Å². The Balaban J connectivity index is 2.98. The topological polar surface area (TPSA) is 158 Å². The molecule has 1 aromatic carbocycles. The zero-order valence-corrected chi connectivity index (χ0v) is 10.8. The van der Waals surface area contributed by atoms with E-state index in [0.717, 1.165) is 6.07 Å². The lowest BCUT2D eigenvalue weighted by molar-refractivity contribution is -0.385. The van der Waals surface area contributed by atoms with Crippen LogP contribution < -0.4 is 5.73 Å². The summed E-state index contributed by atoms with van der Waals surface area (Å²) < 4.78 is 0. The van der Waals surface area contributed by atoms with Crippen LogP contribution in [0.25, 0.3) is 10.4 Å². The van der Waals surface area contributed by atoms with Crippen LogP contribution in [0.3, 0.4) is 0 Å². The van der Waals surface area contributed by atoms with Gasteiger partial charge in [-0.25, -0.2) is 0 Å². The number of nitro groups is 1. The van der Waals surface area contributed by atoms with E-state index in [1.165, 1.54) is 13.0 Å². The van der Waals surface area contributed by atoms with Crippen LogP contribution in [0.2, 0.25) is 0 Å². The van der Waals surface area contributed by atoms with Gasteiger partial charge in [-0.1, -0.05) is 5.11 Å². The molecule has 0 radical (unpaired) electrons. The summed E-state index contributed by atoms with van der Waals surface area (Å²) in [6.07, 6.45) is -2.42. The zero-order valence-electron chi connectivity index (χ0n) is 10.8. The summed E-state index contributed by atoms with van der Waals surface area (Å²) in [7, 11) is 0. The molecule has 9 heteroatoms. The van der Waals surface area contributed by atoms with Crippen molar-refractivity contribution in [2.75, 3.05) is 12.3 Å². The van der Waals surface area contributed by atoms with E-state index >= 15 is 0 Å². The van der Waals surface area contributed by atoms with E-state index in [4.69, 9.17) is 11.3 Å². The van der Waals surface area contributed by atoms with E-state index in [0.29, 0.717) is 5.56 Å². The molecule has 0 aliphatic carbocycles. The van der Waals surface area contributed by atoms with Gasteiger partial charge in [-0.3, -0.25) is 10.1 Å². The molecule has 108 valence electrons. The fourth-order valence-electron chi connectivity index (χ4n) is 1.79. The van der Waals surface area contributed by atoms with E-state index < -0.39 is 17.1 Å². The minimum absolute atomic E-state index is 0.0256. The van der Waals surface area contributed by atoms with Crippen LogP contribution in [0.1, 0.15) is 23.7 Å². The average molecular weight is 281 g/mol. The molecule has 0 saturated heterocycles. The molecular weight excluding hydrogens is 266 g/mol. The molecule has 0 saturated carbocycles. The molecule has 0 heterocycles. The first kappa shape index (κ1) is 15.7. The second-order valence-corrected chi connectivity index (χ2v) is 4.28. The average Bonchev–Trinajstić information content (AvgIpc) is 2.40. The molecular formula is C11H15N5O4. The van der Waals surface area contributed by atoms with Gasteiger partial charge in [-0.05, 0) is 24.9 Å². The van der Waals surface area contributed by atoms with Gasteiger partial charge in [0.1, 0.15) is 6.10 Å². The molecule has 1 aromatic rings. The second kappa shape index (κ2) is 6.71. The Kier molecular flexibility index (Phi) is 5.27. The summed E-state index contributed by atoms with van der Waals surface area (Å²) in [4.78, 5) is 12.7. The number of azide groups is 1. The van der Waals surface area contributed by atoms with Crippen LogP contribution in [-0.2, 0) is 0 Å². The lowest BCUT2D eigenvalue weighted by atomic mass is 9.98. The van der Waals surface area contributed by atoms with Gasteiger partial charge >= 0.3 is 0 Å². The third-order valence-electron chi connectivity index (χ3n) is 2.87. The molecule has 0 aliphatic rings. The minimum atomic E-state index is -1.30. The number of nitro benzene ring substituents is 1. The van der Waals surface area contributed by atoms with Crippen molar-refractivity contribution in [3.63, 3.8) is 0 Å². The number of nitrogens with zero attached hydrogens (tertiary/aromatic N) is 4. The number of hydrogen-bond acceptors (Lipinski definition) is 6. The van der Waals surface area contributed by atoms with Crippen LogP contribution in [0.5, 0.6) is 0 Å². The van der Waals surface area contributed by atoms with Gasteiger partial charge in [-0.2, -0.15) is 0 Å². The predicted molar refractivity (Wildman–Crippen MR) is 71.8 cm³/mol. The highest BCUT2D eigenvalue weighted by Crippen LogP contribution is 2.30. The van der Waals surface area contributed by atoms with Gasteiger partial charge in [0, 0.05) is 34.3 Å². The normalized spacial score (nSPS) is 13.3. The molecule has 0 bridgehead atoms. The van der Waals surface area contributed by atoms with E-state index in [1.807, 2.05) is 0 Å². The fourth-order valence-corrected chi connectivity index (χ4v) is 1.79. The third kappa shape index (κ3) is 3.58. The first-order valence-electron chi connectivity index (χ1n) is 5.80. The largest absolute Gasteiger partial charge is 0.398 e. The maximum atomic E-state index is 10.8. The first-order valence-corrected chi connectivity index (χ1v) is 5.80. The van der Waals surface area contributed by atoms with Crippen molar-refractivity contribution in [1.82, 2.24) is 0 Å². The van der Waals surface area contributed by atoms with Crippen molar-refractivity contribution in [2.45, 2.75) is 25.6 Å². The number of nitrogens with two attached hydrogens (primary N) is 1. The van der Waals surface area contributed by atoms with Crippen LogP contribution in [0.4, 0.5) is 11.4 Å². The number of aliphatic hydroxyl groups is 2. The number of benzene rings is 1. The highest BCUT2D eigenvalue weighted by molar-refractivity contribution is 5.58. The lowest BCUT2D eigenvalue weighted by Gasteiger charge is -2.19. The maximum Gasteiger partial charge on any atom is 0.274 e. The third-order valence-corrected chi connectivity index (χ3v) is 2.87. The molecule has 0 aromatic heterocycles. The monoisotopic (exact) mass is 281 g/mol. The number of hydrogen-bond donors (Lipinski definition) is 3. The fraction of sp³-hybridized carbons (Fsp3) is 0.455. The second-order valence-electron chi connectivity index (χ2n) is 4.28. The van der Waals surface area contributed by atoms with Crippen molar-refractivity contribution in [3.8, 4) is 0 Å². The quantitative estimate of drug-likeness (QED) is 0.180. The zero-order chi connectivity index (χ0) is 15.3. The van der Waals surface area contributed by atoms with Crippen molar-refractivity contribution in [1.29, 1.82) is 0 Å². The van der Waals surface area contributed by atoms with E-state index in [-0.39, 0.29) is 29.9 Å². The molecule has 9 nitrogen and oxygen atoms in total. The minimum Gasteiger partial charge on any atom is -0.398 e. The van der Waals surface area contributed by atoms with E-state index in [2.05, 4.69) is 10.0 Å². The molecule has 20 heavy (non-hydrogen) atoms. The van der Waals surface area contributed by atoms with Crippen LogP contribution in [0, 0.1) is 17.0 Å². The SMILES string of the molecule is Cc1cc(C(O)C(O)CCN=[N+]=[N-])c(N)cc1[N+](=O)[O-]. The smallest absolute Gasteiger partial charge is 0.274 e. The Bertz CT molecular complexity index is 556. The Morgan fingerprint density at radius 1 is 1.55 bits per heavy atom. The Morgan fingerprint density at radius 2 is 2.20 bits per heavy atom. The molecule has 4 N–H and O–H groups in total. The first-order chi connectivity index (χ1) is 9.38. The number of aliphatic hydroxyl groups excluding tert-OH is 2. The number of aryl methyl sites for hydroxylation is 1. The molecule has 0 fully saturated rings. The summed E-state index contributed by atoms with van der Waals surface area (Å²) in [6, 6.07) is 2.52. The molecule has 2 atom stereocenters. The van der Waals surface area contributed by atoms with E-state index in [9.17, 15) is 20.3 Å². The van der Waals surface area contributed by atoms with Crippen molar-refractivity contribution >= 4 is 11.4 Å². The summed E-state index contributed by atoms with van der Waals surface area (Å²) >= 11 is 0. The summed E-state index contributed by atoms with van der Waals surface area (Å²) in [5.41, 5.74) is 14.2. The molecule has 0 spiro atoms. The van der Waals surface area contributed by atoms with Crippen LogP contribution >= 0.6 is 0 Å². The van der Waals surface area contributed by atoms with Gasteiger partial charge in [0.05, 0.1) is 11.0 Å². The number of rotatable bonds is 6. The maximum absolute atomic E-state index is 10.8. The molecule has 0 amide bonds. The van der Waals surface area contributed by atoms with Crippen molar-refractivity contribution < 1.29 is 15.1 Å². The number of nitrogen functional groups attached to an aromatic ring is 1. The summed E-state index contributed by atoms with van der Waals surface area (Å²) in [5.74, 6) is 0. The molecule has 1 rings (SSSR count). The Labute approximate surface area is 114 Å². The number of anilines is 1. The van der Waals surface area contributed by atoms with Crippen molar-refractivity contribution in [2.24, 2.45) is 5.11 Å². The molecule has 0 aliphatic heterocycles. The Morgan fingerprint density at radius 3 is 2.75 bits per heavy atom. The van der Waals surface area contributed by atoms with Gasteiger partial charge in [0.2, 0.25) is 0 Å². The van der Waals surface area contributed by atoms with Crippen LogP contribution in [-0.4, -0.2) is 27.8 Å². The van der Waals surface area contributed by atoms with Gasteiger partial charge in [-0.15, -0.1) is 0 Å². The van der Waals surface area contributed by atoms with Gasteiger partial charge in [0.25, 0.3) is 5.69 Å².